The third kappa shape index (κ3) is 8.20. The molecule has 6 N–H and O–H groups in total. The number of carbonyl (C=O) groups is 4. The Balaban J connectivity index is 1.30. The second kappa shape index (κ2) is 16.5. The highest BCUT2D eigenvalue weighted by Gasteiger charge is 2.24. The van der Waals surface area contributed by atoms with Crippen molar-refractivity contribution >= 4 is 70.2 Å². The highest BCUT2D eigenvalue weighted by atomic mass is 16.5. The molecule has 8 bridgehead atoms. The summed E-state index contributed by atoms with van der Waals surface area (Å²) in [6, 6.07) is 27.7. The number of benzene rings is 4. The van der Waals surface area contributed by atoms with Gasteiger partial charge in [0.05, 0.1) is 44.3 Å². The van der Waals surface area contributed by atoms with E-state index in [1.807, 2.05) is 0 Å². The molecule has 0 unspecified atom stereocenters. The van der Waals surface area contributed by atoms with Gasteiger partial charge in [-0.2, -0.15) is 0 Å². The average Bonchev–Trinajstić information content (AvgIpc) is 4.15. The molecule has 2 aliphatic heterocycles. The molecule has 0 radical (unpaired) electrons. The molecule has 0 atom stereocenters. The summed E-state index contributed by atoms with van der Waals surface area (Å²) in [6.45, 7) is 0. The third-order valence-electron chi connectivity index (χ3n) is 9.75. The minimum Gasteiger partial charge on any atom is -0.508 e. The topological polar surface area (TPSA) is 243 Å². The summed E-state index contributed by atoms with van der Waals surface area (Å²) in [6.07, 6.45) is 6.07. The van der Waals surface area contributed by atoms with Crippen LogP contribution in [0.15, 0.2) is 121 Å². The van der Waals surface area contributed by atoms with Crippen molar-refractivity contribution in [2.75, 3.05) is 0 Å². The van der Waals surface area contributed by atoms with Crippen LogP contribution in [0.2, 0.25) is 0 Å². The van der Waals surface area contributed by atoms with E-state index in [0.717, 1.165) is 0 Å². The number of fused-ring (bicyclic) bond motifs is 8. The van der Waals surface area contributed by atoms with Gasteiger partial charge in [-0.05, 0) is 146 Å². The van der Waals surface area contributed by atoms with Crippen LogP contribution >= 0.6 is 0 Å². The van der Waals surface area contributed by atoms with Gasteiger partial charge in [-0.3, -0.25) is 0 Å². The first-order valence-electron chi connectivity index (χ1n) is 19.2. The van der Waals surface area contributed by atoms with E-state index < -0.39 is 23.9 Å². The van der Waals surface area contributed by atoms with Crippen LogP contribution in [0.4, 0.5) is 0 Å². The normalized spacial score (nSPS) is 11.5. The van der Waals surface area contributed by atoms with Crippen LogP contribution in [-0.4, -0.2) is 64.2 Å². The summed E-state index contributed by atoms with van der Waals surface area (Å²) >= 11 is 0. The number of hydrogen-bond acceptors (Lipinski definition) is 14. The molecule has 16 nitrogen and oxygen atoms in total. The Hall–Kier alpha value is -9.44. The molecule has 9 rings (SSSR count). The Labute approximate surface area is 360 Å². The Kier molecular flexibility index (Phi) is 10.3. The first-order valence-corrected chi connectivity index (χ1v) is 19.2. The second-order valence-corrected chi connectivity index (χ2v) is 14.1. The van der Waals surface area contributed by atoms with E-state index in [4.69, 9.17) is 28.9 Å². The summed E-state index contributed by atoms with van der Waals surface area (Å²) in [7, 11) is 0. The first-order chi connectivity index (χ1) is 30.9. The van der Waals surface area contributed by atoms with E-state index in [1.165, 1.54) is 121 Å². The van der Waals surface area contributed by atoms with E-state index in [-0.39, 0.29) is 113 Å². The molecule has 4 aromatic carbocycles. The minimum absolute atomic E-state index is 0.0722. The Morgan fingerprint density at radius 3 is 0.734 bits per heavy atom. The van der Waals surface area contributed by atoms with Crippen molar-refractivity contribution in [1.82, 2.24) is 19.9 Å². The molecule has 0 aliphatic carbocycles. The number of aromatic amines is 2. The summed E-state index contributed by atoms with van der Waals surface area (Å²) in [5.41, 5.74) is 1.37. The fourth-order valence-electron chi connectivity index (χ4n) is 6.53. The molecule has 0 spiro atoms. The lowest BCUT2D eigenvalue weighted by Gasteiger charge is -2.08. The number of nitrogens with zero attached hydrogens (tertiary/aromatic N) is 2. The highest BCUT2D eigenvalue weighted by Crippen LogP contribution is 2.37. The number of hydrogen-bond donors (Lipinski definition) is 6. The first kappa shape index (κ1) is 40.0. The predicted molar refractivity (Wildman–Crippen MR) is 231 cm³/mol. The van der Waals surface area contributed by atoms with Gasteiger partial charge in [-0.15, -0.1) is 0 Å². The number of carbonyl (C=O) groups excluding carboxylic acids is 4. The number of aromatic hydroxyl groups is 4. The maximum absolute atomic E-state index is 13.7. The quantitative estimate of drug-likeness (QED) is 0.0787. The Morgan fingerprint density at radius 2 is 0.531 bits per heavy atom. The standard InChI is InChI=1S/C48H30N4O12/c53-29-9-1-25(2-10-29)45(57)61-41-33-17-19-35(49-33)42(62-46(58)26-3-11-30(54)12-4-26)37-21-23-39(51-37)44(64-48(60)28-7-15-32(56)16-8-28)40-24-22-38(52-40)43(36-20-18-34(41)50-36)63-47(59)27-5-13-31(55)14-6-27/h1-24,49,52-56H. The van der Waals surface area contributed by atoms with Gasteiger partial charge in [-0.1, -0.05) is 0 Å². The van der Waals surface area contributed by atoms with Crippen LogP contribution in [0.3, 0.4) is 0 Å². The fraction of sp³-hybridized carbons (Fsp3) is 0. The van der Waals surface area contributed by atoms with E-state index in [1.54, 1.807) is 24.3 Å². The van der Waals surface area contributed by atoms with E-state index >= 15 is 0 Å². The summed E-state index contributed by atoms with van der Waals surface area (Å²) in [5.74, 6) is -3.98. The molecule has 64 heavy (non-hydrogen) atoms. The van der Waals surface area contributed by atoms with Gasteiger partial charge >= 0.3 is 23.9 Å². The zero-order valence-corrected chi connectivity index (χ0v) is 32.8. The Morgan fingerprint density at radius 1 is 0.328 bits per heavy atom. The number of nitrogens with one attached hydrogen (secondary N) is 2. The molecule has 314 valence electrons. The molecule has 0 amide bonds. The minimum atomic E-state index is -0.822. The van der Waals surface area contributed by atoms with Crippen molar-refractivity contribution in [3.63, 3.8) is 0 Å². The summed E-state index contributed by atoms with van der Waals surface area (Å²) in [5, 5.41) is 39.4. The van der Waals surface area contributed by atoms with Crippen LogP contribution in [-0.2, 0) is 0 Å². The molecular formula is C48H30N4O12. The van der Waals surface area contributed by atoms with Crippen molar-refractivity contribution in [2.45, 2.75) is 0 Å². The zero-order chi connectivity index (χ0) is 44.5. The maximum atomic E-state index is 13.7. The van der Waals surface area contributed by atoms with Gasteiger partial charge in [-0.25, -0.2) is 29.1 Å². The van der Waals surface area contributed by atoms with Gasteiger partial charge in [0.2, 0.25) is 0 Å². The molecule has 0 fully saturated rings. The molecule has 0 saturated carbocycles. The SMILES string of the molecule is O=C(Oc1c2nc(c(OC(=O)c3ccc(O)cc3)c3ccc([nH]3)c(OC(=O)c3ccc(O)cc3)c3nc(c(OC(=O)c4ccc(O)cc4)c4ccc1[nH]4)C=C3)C=C2)c1ccc(O)cc1. The van der Waals surface area contributed by atoms with E-state index in [9.17, 15) is 39.6 Å². The molecule has 7 aromatic rings. The molecule has 3 aromatic heterocycles. The number of H-pyrrole nitrogens is 2. The second-order valence-electron chi connectivity index (χ2n) is 14.1. The predicted octanol–water partition coefficient (Wildman–Crippen LogP) is 8.35. The van der Waals surface area contributed by atoms with Crippen molar-refractivity contribution in [1.29, 1.82) is 0 Å². The number of ether oxygens (including phenoxy) is 4. The molecule has 0 saturated heterocycles. The van der Waals surface area contributed by atoms with E-state index in [2.05, 4.69) is 9.97 Å². The largest absolute Gasteiger partial charge is 0.508 e. The maximum Gasteiger partial charge on any atom is 0.343 e. The number of esters is 4. The average molecular weight is 855 g/mol. The van der Waals surface area contributed by atoms with Crippen molar-refractivity contribution < 1.29 is 58.6 Å². The molecule has 16 heteroatoms. The van der Waals surface area contributed by atoms with Crippen molar-refractivity contribution in [2.24, 2.45) is 0 Å². The monoisotopic (exact) mass is 854 g/mol. The molecule has 5 heterocycles. The number of rotatable bonds is 8. The van der Waals surface area contributed by atoms with Crippen molar-refractivity contribution in [3.05, 3.63) is 166 Å². The van der Waals surface area contributed by atoms with Crippen LogP contribution in [0, 0.1) is 0 Å². The van der Waals surface area contributed by atoms with Crippen molar-refractivity contribution in [3.8, 4) is 46.0 Å². The lowest BCUT2D eigenvalue weighted by atomic mass is 10.2. The zero-order valence-electron chi connectivity index (χ0n) is 32.8. The van der Waals surface area contributed by atoms with Gasteiger partial charge in [0.15, 0.2) is 23.0 Å². The van der Waals surface area contributed by atoms with Gasteiger partial charge in [0.25, 0.3) is 0 Å². The fourth-order valence-corrected chi connectivity index (χ4v) is 6.53. The van der Waals surface area contributed by atoms with Gasteiger partial charge < -0.3 is 49.3 Å². The molecule has 2 aliphatic rings. The van der Waals surface area contributed by atoms with Crippen LogP contribution < -0.4 is 18.9 Å². The number of aromatic nitrogens is 4. The van der Waals surface area contributed by atoms with Gasteiger partial charge in [0, 0.05) is 0 Å². The van der Waals surface area contributed by atoms with Crippen LogP contribution in [0.25, 0.3) is 46.4 Å². The van der Waals surface area contributed by atoms with Gasteiger partial charge in [0.1, 0.15) is 45.8 Å². The highest BCUT2D eigenvalue weighted by molar-refractivity contribution is 5.98. The summed E-state index contributed by atoms with van der Waals surface area (Å²) < 4.78 is 24.0. The van der Waals surface area contributed by atoms with Crippen LogP contribution in [0.1, 0.15) is 64.2 Å². The third-order valence-corrected chi connectivity index (χ3v) is 9.75. The van der Waals surface area contributed by atoms with E-state index in [0.29, 0.717) is 0 Å². The molecular weight excluding hydrogens is 825 g/mol. The summed E-state index contributed by atoms with van der Waals surface area (Å²) in [4.78, 5) is 70.4. The smallest absolute Gasteiger partial charge is 0.343 e. The number of phenolic OH excluding ortho intramolecular Hbond substituents is 4. The lowest BCUT2D eigenvalue weighted by Crippen LogP contribution is -2.10. The van der Waals surface area contributed by atoms with Crippen LogP contribution in [0.5, 0.6) is 46.0 Å². The number of phenols is 4. The Bertz CT molecular complexity index is 2830. The lowest BCUT2D eigenvalue weighted by molar-refractivity contribution is 0.0726.